The number of aliphatic hydroxyl groups excluding tert-OH is 1. The number of hydrogen-bond donors (Lipinski definition) is 2. The van der Waals surface area contributed by atoms with Crippen molar-refractivity contribution in [1.29, 1.82) is 0 Å². The first kappa shape index (κ1) is 13.6. The van der Waals surface area contributed by atoms with Crippen LogP contribution in [0.5, 0.6) is 0 Å². The molecule has 0 unspecified atom stereocenters. The Hall–Kier alpha value is -1.43. The predicted octanol–water partition coefficient (Wildman–Crippen LogP) is 0.771. The Morgan fingerprint density at radius 3 is 2.47 bits per heavy atom. The van der Waals surface area contributed by atoms with E-state index in [-0.39, 0.29) is 30.3 Å². The lowest BCUT2D eigenvalue weighted by molar-refractivity contribution is 0.0653. The Bertz CT molecular complexity index is 373. The molecule has 1 heterocycles. The molecule has 17 heavy (non-hydrogen) atoms. The molecule has 0 bridgehead atoms. The van der Waals surface area contributed by atoms with Crippen molar-refractivity contribution in [3.05, 3.63) is 11.6 Å². The van der Waals surface area contributed by atoms with Crippen LogP contribution in [0.4, 0.5) is 0 Å². The van der Waals surface area contributed by atoms with Gasteiger partial charge in [0.15, 0.2) is 0 Å². The van der Waals surface area contributed by atoms with Gasteiger partial charge in [0.1, 0.15) is 5.82 Å². The molecule has 0 aliphatic heterocycles. The fourth-order valence-electron chi connectivity index (χ4n) is 1.46. The van der Waals surface area contributed by atoms with Gasteiger partial charge in [-0.2, -0.15) is 0 Å². The number of hydrogen-bond acceptors (Lipinski definition) is 4. The van der Waals surface area contributed by atoms with Gasteiger partial charge in [-0.1, -0.05) is 13.8 Å². The third kappa shape index (κ3) is 3.26. The maximum atomic E-state index is 12.1. The minimum atomic E-state index is -0.253. The summed E-state index contributed by atoms with van der Waals surface area (Å²) in [5, 5.41) is 15.6. The van der Waals surface area contributed by atoms with Crippen LogP contribution in [0.2, 0.25) is 0 Å². The molecule has 0 aromatic carbocycles. The molecule has 0 aliphatic carbocycles. The lowest BCUT2D eigenvalue weighted by Gasteiger charge is -2.24. The van der Waals surface area contributed by atoms with Crippen LogP contribution in [0.1, 0.15) is 50.1 Å². The molecule has 0 saturated carbocycles. The second-order valence-electron chi connectivity index (χ2n) is 4.51. The average molecular weight is 240 g/mol. The van der Waals surface area contributed by atoms with Gasteiger partial charge in [0.2, 0.25) is 5.82 Å². The summed E-state index contributed by atoms with van der Waals surface area (Å²) < 4.78 is 0. The summed E-state index contributed by atoms with van der Waals surface area (Å²) >= 11 is 0. The largest absolute Gasteiger partial charge is 0.395 e. The van der Waals surface area contributed by atoms with Gasteiger partial charge in [-0.05, 0) is 13.8 Å². The monoisotopic (exact) mass is 240 g/mol. The first-order valence-corrected chi connectivity index (χ1v) is 5.81. The number of aliphatic hydroxyl groups is 1. The van der Waals surface area contributed by atoms with Gasteiger partial charge in [0, 0.05) is 18.5 Å². The number of carbonyl (C=O) groups excluding carboxylic acids is 1. The minimum absolute atomic E-state index is 0.00986. The fourth-order valence-corrected chi connectivity index (χ4v) is 1.46. The van der Waals surface area contributed by atoms with E-state index in [1.165, 1.54) is 0 Å². The standard InChI is InChI=1S/C11H20N4O2/c1-7(2)9-12-10(14-13-9)11(17)15(5-6-16)8(3)4/h7-8,16H,5-6H2,1-4H3,(H,12,13,14). The molecule has 2 N–H and O–H groups in total. The second kappa shape index (κ2) is 5.77. The second-order valence-corrected chi connectivity index (χ2v) is 4.51. The molecule has 1 aromatic heterocycles. The molecular formula is C11H20N4O2. The molecule has 1 rings (SSSR count). The zero-order valence-electron chi connectivity index (χ0n) is 10.8. The van der Waals surface area contributed by atoms with Crippen molar-refractivity contribution in [2.75, 3.05) is 13.2 Å². The Morgan fingerprint density at radius 1 is 1.41 bits per heavy atom. The summed E-state index contributed by atoms with van der Waals surface area (Å²) in [6, 6.07) is 0.00986. The van der Waals surface area contributed by atoms with Crippen LogP contribution in [0, 0.1) is 0 Å². The third-order valence-corrected chi connectivity index (χ3v) is 2.47. The topological polar surface area (TPSA) is 82.1 Å². The summed E-state index contributed by atoms with van der Waals surface area (Å²) in [6.07, 6.45) is 0. The number of nitrogens with zero attached hydrogens (tertiary/aromatic N) is 3. The van der Waals surface area contributed by atoms with E-state index in [1.807, 2.05) is 27.7 Å². The van der Waals surface area contributed by atoms with E-state index in [4.69, 9.17) is 5.11 Å². The number of rotatable bonds is 5. The highest BCUT2D eigenvalue weighted by Crippen LogP contribution is 2.10. The highest BCUT2D eigenvalue weighted by Gasteiger charge is 2.22. The Labute approximate surface area is 101 Å². The maximum absolute atomic E-state index is 12.1. The van der Waals surface area contributed by atoms with Gasteiger partial charge >= 0.3 is 0 Å². The summed E-state index contributed by atoms with van der Waals surface area (Å²) in [5.41, 5.74) is 0. The van der Waals surface area contributed by atoms with Crippen LogP contribution in [-0.4, -0.2) is 50.3 Å². The zero-order valence-corrected chi connectivity index (χ0v) is 10.8. The van der Waals surface area contributed by atoms with E-state index in [1.54, 1.807) is 4.90 Å². The van der Waals surface area contributed by atoms with Crippen molar-refractivity contribution in [1.82, 2.24) is 20.1 Å². The van der Waals surface area contributed by atoms with Gasteiger partial charge in [-0.3, -0.25) is 9.89 Å². The third-order valence-electron chi connectivity index (χ3n) is 2.47. The minimum Gasteiger partial charge on any atom is -0.395 e. The van der Waals surface area contributed by atoms with Crippen LogP contribution >= 0.6 is 0 Å². The number of carbonyl (C=O) groups is 1. The maximum Gasteiger partial charge on any atom is 0.293 e. The van der Waals surface area contributed by atoms with Crippen molar-refractivity contribution in [3.63, 3.8) is 0 Å². The summed E-state index contributed by atoms with van der Waals surface area (Å²) in [5.74, 6) is 0.809. The van der Waals surface area contributed by atoms with Crippen molar-refractivity contribution in [3.8, 4) is 0 Å². The number of H-pyrrole nitrogens is 1. The van der Waals surface area contributed by atoms with Crippen LogP contribution in [-0.2, 0) is 0 Å². The quantitative estimate of drug-likeness (QED) is 0.796. The zero-order chi connectivity index (χ0) is 13.0. The van der Waals surface area contributed by atoms with E-state index >= 15 is 0 Å². The van der Waals surface area contributed by atoms with Crippen molar-refractivity contribution < 1.29 is 9.90 Å². The molecule has 0 spiro atoms. The lowest BCUT2D eigenvalue weighted by Crippen LogP contribution is -2.39. The number of aromatic amines is 1. The highest BCUT2D eigenvalue weighted by atomic mass is 16.3. The van der Waals surface area contributed by atoms with Gasteiger partial charge < -0.3 is 10.0 Å². The lowest BCUT2D eigenvalue weighted by atomic mass is 10.2. The molecular weight excluding hydrogens is 220 g/mol. The molecule has 0 fully saturated rings. The Kier molecular flexibility index (Phi) is 4.62. The molecule has 6 nitrogen and oxygen atoms in total. The van der Waals surface area contributed by atoms with Crippen LogP contribution < -0.4 is 0 Å². The number of amides is 1. The SMILES string of the molecule is CC(C)c1nc(C(=O)N(CCO)C(C)C)n[nH]1. The molecule has 96 valence electrons. The van der Waals surface area contributed by atoms with Crippen molar-refractivity contribution >= 4 is 5.91 Å². The molecule has 0 saturated heterocycles. The van der Waals surface area contributed by atoms with E-state index in [2.05, 4.69) is 15.2 Å². The van der Waals surface area contributed by atoms with Crippen LogP contribution in [0.15, 0.2) is 0 Å². The normalized spacial score (nSPS) is 11.2. The van der Waals surface area contributed by atoms with Crippen LogP contribution in [0.3, 0.4) is 0 Å². The van der Waals surface area contributed by atoms with Gasteiger partial charge in [-0.25, -0.2) is 4.98 Å². The predicted molar refractivity (Wildman–Crippen MR) is 63.7 cm³/mol. The van der Waals surface area contributed by atoms with E-state index < -0.39 is 0 Å². The molecule has 1 amide bonds. The van der Waals surface area contributed by atoms with Gasteiger partial charge in [0.25, 0.3) is 5.91 Å². The highest BCUT2D eigenvalue weighted by molar-refractivity contribution is 5.90. The number of nitrogens with one attached hydrogen (secondary N) is 1. The van der Waals surface area contributed by atoms with E-state index in [0.717, 1.165) is 0 Å². The summed E-state index contributed by atoms with van der Waals surface area (Å²) in [4.78, 5) is 17.8. The summed E-state index contributed by atoms with van der Waals surface area (Å²) in [6.45, 7) is 7.96. The van der Waals surface area contributed by atoms with Crippen LogP contribution in [0.25, 0.3) is 0 Å². The van der Waals surface area contributed by atoms with Gasteiger partial charge in [-0.15, -0.1) is 5.10 Å². The molecule has 0 radical (unpaired) electrons. The summed E-state index contributed by atoms with van der Waals surface area (Å²) in [7, 11) is 0. The molecule has 0 atom stereocenters. The Balaban J connectivity index is 2.85. The smallest absolute Gasteiger partial charge is 0.293 e. The Morgan fingerprint density at radius 2 is 2.06 bits per heavy atom. The van der Waals surface area contributed by atoms with Gasteiger partial charge in [0.05, 0.1) is 6.61 Å². The first-order chi connectivity index (χ1) is 7.97. The number of aromatic nitrogens is 3. The fraction of sp³-hybridized carbons (Fsp3) is 0.727. The molecule has 1 aromatic rings. The molecule has 6 heteroatoms. The average Bonchev–Trinajstić information content (AvgIpc) is 2.73. The van der Waals surface area contributed by atoms with E-state index in [0.29, 0.717) is 12.4 Å². The molecule has 0 aliphatic rings. The van der Waals surface area contributed by atoms with Crippen molar-refractivity contribution in [2.24, 2.45) is 0 Å². The van der Waals surface area contributed by atoms with E-state index in [9.17, 15) is 4.79 Å². The first-order valence-electron chi connectivity index (χ1n) is 5.81. The van der Waals surface area contributed by atoms with Crippen molar-refractivity contribution in [2.45, 2.75) is 39.7 Å².